The van der Waals surface area contributed by atoms with Crippen molar-refractivity contribution in [3.8, 4) is 0 Å². The number of unbranched alkanes of at least 4 members (excludes halogenated alkanes) is 2. The number of fused-ring (bicyclic) bond motifs is 1. The van der Waals surface area contributed by atoms with Crippen molar-refractivity contribution < 1.29 is 23.1 Å². The van der Waals surface area contributed by atoms with Gasteiger partial charge in [-0.15, -0.1) is 0 Å². The van der Waals surface area contributed by atoms with Crippen LogP contribution in [0.1, 0.15) is 36.0 Å². The van der Waals surface area contributed by atoms with Crippen LogP contribution in [0.3, 0.4) is 0 Å². The lowest BCUT2D eigenvalue weighted by Gasteiger charge is -2.14. The minimum absolute atomic E-state index is 0.0514. The smallest absolute Gasteiger partial charge is 0.303 e. The van der Waals surface area contributed by atoms with Gasteiger partial charge in [0, 0.05) is 13.0 Å². The summed E-state index contributed by atoms with van der Waals surface area (Å²) < 4.78 is 25.2. The molecule has 7 heteroatoms. The highest BCUT2D eigenvalue weighted by Gasteiger charge is 2.40. The van der Waals surface area contributed by atoms with Crippen molar-refractivity contribution in [1.82, 2.24) is 4.31 Å². The molecule has 1 heterocycles. The number of amides is 1. The molecular weight excluding hydrogens is 282 g/mol. The van der Waals surface area contributed by atoms with E-state index in [1.165, 1.54) is 12.1 Å². The number of sulfonamides is 1. The van der Waals surface area contributed by atoms with Crippen molar-refractivity contribution >= 4 is 21.9 Å². The van der Waals surface area contributed by atoms with Gasteiger partial charge < -0.3 is 5.11 Å². The Morgan fingerprint density at radius 3 is 2.50 bits per heavy atom. The number of carbonyl (C=O) groups is 2. The number of benzene rings is 1. The fourth-order valence-electron chi connectivity index (χ4n) is 2.16. The number of carboxylic acids is 1. The van der Waals surface area contributed by atoms with E-state index in [1.807, 2.05) is 0 Å². The molecule has 1 aliphatic rings. The predicted molar refractivity (Wildman–Crippen MR) is 70.8 cm³/mol. The number of nitrogens with zero attached hydrogens (tertiary/aromatic N) is 1. The second-order valence-electron chi connectivity index (χ2n) is 4.58. The zero-order valence-electron chi connectivity index (χ0n) is 10.8. The quantitative estimate of drug-likeness (QED) is 0.803. The van der Waals surface area contributed by atoms with Crippen molar-refractivity contribution in [3.63, 3.8) is 0 Å². The molecule has 0 spiro atoms. The highest BCUT2D eigenvalue weighted by atomic mass is 32.2. The van der Waals surface area contributed by atoms with E-state index in [1.54, 1.807) is 12.1 Å². The average molecular weight is 297 g/mol. The SMILES string of the molecule is O=C(O)CCCCCN1C(=O)c2ccccc2S1(=O)=O. The number of hydrogen-bond acceptors (Lipinski definition) is 4. The fraction of sp³-hybridized carbons (Fsp3) is 0.385. The maximum Gasteiger partial charge on any atom is 0.303 e. The molecule has 0 aromatic heterocycles. The summed E-state index contributed by atoms with van der Waals surface area (Å²) in [7, 11) is -3.73. The van der Waals surface area contributed by atoms with E-state index in [-0.39, 0.29) is 23.4 Å². The van der Waals surface area contributed by atoms with Crippen LogP contribution < -0.4 is 0 Å². The van der Waals surface area contributed by atoms with Gasteiger partial charge in [-0.25, -0.2) is 12.7 Å². The van der Waals surface area contributed by atoms with Crippen LogP contribution in [0.25, 0.3) is 0 Å². The summed E-state index contributed by atoms with van der Waals surface area (Å²) in [6, 6.07) is 6.13. The van der Waals surface area contributed by atoms with Crippen LogP contribution in [0.5, 0.6) is 0 Å². The summed E-state index contributed by atoms with van der Waals surface area (Å²) in [6.45, 7) is 0.0927. The second kappa shape index (κ2) is 5.62. The lowest BCUT2D eigenvalue weighted by Crippen LogP contribution is -2.31. The molecular formula is C13H15NO5S. The molecule has 6 nitrogen and oxygen atoms in total. The van der Waals surface area contributed by atoms with Crippen LogP contribution in [0, 0.1) is 0 Å². The number of carboxylic acid groups (broad SMARTS) is 1. The molecule has 0 saturated carbocycles. The molecule has 2 rings (SSSR count). The van der Waals surface area contributed by atoms with Crippen LogP contribution in [0.15, 0.2) is 29.2 Å². The molecule has 0 fully saturated rings. The van der Waals surface area contributed by atoms with Crippen LogP contribution in [0.4, 0.5) is 0 Å². The van der Waals surface area contributed by atoms with Gasteiger partial charge in [-0.2, -0.15) is 0 Å². The minimum Gasteiger partial charge on any atom is -0.481 e. The Morgan fingerprint density at radius 2 is 1.85 bits per heavy atom. The van der Waals surface area contributed by atoms with Crippen molar-refractivity contribution in [2.45, 2.75) is 30.6 Å². The minimum atomic E-state index is -3.73. The molecule has 1 aromatic carbocycles. The topological polar surface area (TPSA) is 91.8 Å². The number of hydrogen-bond donors (Lipinski definition) is 1. The molecule has 1 N–H and O–H groups in total. The van der Waals surface area contributed by atoms with Crippen LogP contribution in [-0.2, 0) is 14.8 Å². The van der Waals surface area contributed by atoms with E-state index in [9.17, 15) is 18.0 Å². The van der Waals surface area contributed by atoms with E-state index >= 15 is 0 Å². The van der Waals surface area contributed by atoms with Gasteiger partial charge in [0.1, 0.15) is 4.90 Å². The Morgan fingerprint density at radius 1 is 1.15 bits per heavy atom. The van der Waals surface area contributed by atoms with Crippen LogP contribution in [0.2, 0.25) is 0 Å². The lowest BCUT2D eigenvalue weighted by molar-refractivity contribution is -0.137. The first-order chi connectivity index (χ1) is 9.44. The molecule has 0 bridgehead atoms. The van der Waals surface area contributed by atoms with E-state index in [4.69, 9.17) is 5.11 Å². The molecule has 0 unspecified atom stereocenters. The average Bonchev–Trinajstić information content (AvgIpc) is 2.59. The maximum absolute atomic E-state index is 12.2. The highest BCUT2D eigenvalue weighted by molar-refractivity contribution is 7.90. The molecule has 1 aliphatic heterocycles. The molecule has 1 aromatic rings. The summed E-state index contributed by atoms with van der Waals surface area (Å²) in [5, 5.41) is 8.51. The van der Waals surface area contributed by atoms with E-state index in [2.05, 4.69) is 0 Å². The lowest BCUT2D eigenvalue weighted by atomic mass is 10.2. The first-order valence-electron chi connectivity index (χ1n) is 6.32. The Kier molecular flexibility index (Phi) is 4.08. The predicted octanol–water partition coefficient (Wildman–Crippen LogP) is 1.48. The largest absolute Gasteiger partial charge is 0.481 e. The number of rotatable bonds is 6. The van der Waals surface area contributed by atoms with E-state index < -0.39 is 21.9 Å². The molecule has 0 atom stereocenters. The zero-order valence-corrected chi connectivity index (χ0v) is 11.6. The van der Waals surface area contributed by atoms with Gasteiger partial charge in [0.15, 0.2) is 0 Å². The summed E-state index contributed by atoms with van der Waals surface area (Å²) in [5.41, 5.74) is 0.207. The van der Waals surface area contributed by atoms with Gasteiger partial charge in [-0.05, 0) is 25.0 Å². The first kappa shape index (κ1) is 14.5. The van der Waals surface area contributed by atoms with Gasteiger partial charge in [0.25, 0.3) is 15.9 Å². The number of carbonyl (C=O) groups excluding carboxylic acids is 1. The summed E-state index contributed by atoms with van der Waals surface area (Å²) in [4.78, 5) is 22.5. The third kappa shape index (κ3) is 2.67. The maximum atomic E-state index is 12.2. The fourth-order valence-corrected chi connectivity index (χ4v) is 3.77. The first-order valence-corrected chi connectivity index (χ1v) is 7.76. The summed E-state index contributed by atoms with van der Waals surface area (Å²) in [6.07, 6.45) is 1.57. The Labute approximate surface area is 117 Å². The van der Waals surface area contributed by atoms with Crippen LogP contribution >= 0.6 is 0 Å². The molecule has 0 aliphatic carbocycles. The summed E-state index contributed by atoms with van der Waals surface area (Å²) >= 11 is 0. The molecule has 20 heavy (non-hydrogen) atoms. The highest BCUT2D eigenvalue weighted by Crippen LogP contribution is 2.30. The second-order valence-corrected chi connectivity index (χ2v) is 6.41. The Balaban J connectivity index is 2.01. The van der Waals surface area contributed by atoms with Crippen molar-refractivity contribution in [2.24, 2.45) is 0 Å². The molecule has 108 valence electrons. The van der Waals surface area contributed by atoms with Crippen molar-refractivity contribution in [3.05, 3.63) is 29.8 Å². The van der Waals surface area contributed by atoms with Crippen molar-refractivity contribution in [2.75, 3.05) is 6.54 Å². The van der Waals surface area contributed by atoms with E-state index in [0.717, 1.165) is 4.31 Å². The van der Waals surface area contributed by atoms with E-state index in [0.29, 0.717) is 19.3 Å². The van der Waals surface area contributed by atoms with Gasteiger partial charge in [-0.3, -0.25) is 9.59 Å². The molecule has 1 amide bonds. The standard InChI is InChI=1S/C13H15NO5S/c15-12(16)8-2-1-5-9-14-13(17)10-6-3-4-7-11(10)20(14,18)19/h3-4,6-7H,1-2,5,8-9H2,(H,15,16). The third-order valence-corrected chi connectivity index (χ3v) is 5.00. The zero-order chi connectivity index (χ0) is 14.8. The van der Waals surface area contributed by atoms with Gasteiger partial charge >= 0.3 is 5.97 Å². The van der Waals surface area contributed by atoms with Gasteiger partial charge in [0.2, 0.25) is 0 Å². The normalized spacial score (nSPS) is 16.2. The summed E-state index contributed by atoms with van der Waals surface area (Å²) in [5.74, 6) is -1.37. The van der Waals surface area contributed by atoms with Gasteiger partial charge in [0.05, 0.1) is 5.56 Å². The van der Waals surface area contributed by atoms with Gasteiger partial charge in [-0.1, -0.05) is 18.6 Å². The molecule has 0 saturated heterocycles. The Hall–Kier alpha value is -1.89. The monoisotopic (exact) mass is 297 g/mol. The van der Waals surface area contributed by atoms with Crippen LogP contribution in [-0.4, -0.2) is 36.3 Å². The third-order valence-electron chi connectivity index (χ3n) is 3.16. The number of aliphatic carboxylic acids is 1. The van der Waals surface area contributed by atoms with Crippen molar-refractivity contribution in [1.29, 1.82) is 0 Å². The molecule has 0 radical (unpaired) electrons. The Bertz CT molecular complexity index is 638.